The Bertz CT molecular complexity index is 791. The molecule has 0 fully saturated rings. The molecule has 0 saturated carbocycles. The summed E-state index contributed by atoms with van der Waals surface area (Å²) in [6.45, 7) is 1.70. The molecule has 0 unspecified atom stereocenters. The van der Waals surface area contributed by atoms with Crippen LogP contribution in [0.1, 0.15) is 17.9 Å². The minimum absolute atomic E-state index is 0. The number of hydrogen-bond acceptors (Lipinski definition) is 4. The van der Waals surface area contributed by atoms with Crippen LogP contribution < -0.4 is 5.73 Å². The van der Waals surface area contributed by atoms with Gasteiger partial charge in [-0.15, -0.1) is 24.8 Å². The fraction of sp³-hybridized carbons (Fsp3) is 0.300. The molecule has 27 heavy (non-hydrogen) atoms. The second kappa shape index (κ2) is 11.6. The third-order valence-corrected chi connectivity index (χ3v) is 4.16. The van der Waals surface area contributed by atoms with E-state index in [0.29, 0.717) is 38.4 Å². The van der Waals surface area contributed by atoms with Gasteiger partial charge in [-0.2, -0.15) is 0 Å². The van der Waals surface area contributed by atoms with E-state index in [1.807, 2.05) is 47.4 Å². The van der Waals surface area contributed by atoms with E-state index in [0.717, 1.165) is 17.5 Å². The van der Waals surface area contributed by atoms with Gasteiger partial charge < -0.3 is 15.1 Å². The number of carbonyl (C=O) groups excluding carboxylic acids is 1. The molecule has 0 aliphatic heterocycles. The van der Waals surface area contributed by atoms with Crippen LogP contribution in [0.15, 0.2) is 59.0 Å². The van der Waals surface area contributed by atoms with E-state index in [2.05, 4.69) is 17.1 Å². The summed E-state index contributed by atoms with van der Waals surface area (Å²) in [5.41, 5.74) is 8.47. The maximum Gasteiger partial charge on any atom is 0.223 e. The monoisotopic (exact) mass is 409 g/mol. The Hall–Kier alpha value is -2.08. The van der Waals surface area contributed by atoms with Crippen LogP contribution in [0.5, 0.6) is 0 Å². The molecule has 1 heterocycles. The molecule has 3 rings (SSSR count). The summed E-state index contributed by atoms with van der Waals surface area (Å²) >= 11 is 0. The predicted molar refractivity (Wildman–Crippen MR) is 113 cm³/mol. The Morgan fingerprint density at radius 2 is 1.67 bits per heavy atom. The van der Waals surface area contributed by atoms with Gasteiger partial charge in [-0.1, -0.05) is 42.5 Å². The maximum absolute atomic E-state index is 12.5. The number of para-hydroxylation sites is 2. The van der Waals surface area contributed by atoms with Crippen molar-refractivity contribution in [1.29, 1.82) is 0 Å². The van der Waals surface area contributed by atoms with Crippen molar-refractivity contribution in [2.24, 2.45) is 5.73 Å². The first-order chi connectivity index (χ1) is 12.3. The van der Waals surface area contributed by atoms with Gasteiger partial charge in [-0.3, -0.25) is 4.79 Å². The van der Waals surface area contributed by atoms with Gasteiger partial charge in [0.1, 0.15) is 5.52 Å². The molecule has 0 saturated heterocycles. The van der Waals surface area contributed by atoms with Crippen molar-refractivity contribution in [2.45, 2.75) is 19.3 Å². The van der Waals surface area contributed by atoms with Gasteiger partial charge in [-0.05, 0) is 24.1 Å². The zero-order valence-corrected chi connectivity index (χ0v) is 16.7. The first-order valence-electron chi connectivity index (χ1n) is 8.62. The van der Waals surface area contributed by atoms with Crippen molar-refractivity contribution in [3.8, 4) is 0 Å². The van der Waals surface area contributed by atoms with Crippen LogP contribution in [-0.4, -0.2) is 35.4 Å². The van der Waals surface area contributed by atoms with Gasteiger partial charge in [0, 0.05) is 32.5 Å². The van der Waals surface area contributed by atoms with Crippen LogP contribution in [0.2, 0.25) is 0 Å². The second-order valence-corrected chi connectivity index (χ2v) is 5.98. The third kappa shape index (κ3) is 6.54. The summed E-state index contributed by atoms with van der Waals surface area (Å²) in [6, 6.07) is 17.8. The zero-order valence-electron chi connectivity index (χ0n) is 15.0. The van der Waals surface area contributed by atoms with E-state index in [9.17, 15) is 4.79 Å². The van der Waals surface area contributed by atoms with Crippen LogP contribution in [-0.2, 0) is 17.6 Å². The van der Waals surface area contributed by atoms with Crippen LogP contribution in [0, 0.1) is 0 Å². The summed E-state index contributed by atoms with van der Waals surface area (Å²) < 4.78 is 5.68. The first-order valence-corrected chi connectivity index (χ1v) is 8.62. The molecule has 1 aromatic heterocycles. The summed E-state index contributed by atoms with van der Waals surface area (Å²) in [5, 5.41) is 0. The van der Waals surface area contributed by atoms with Gasteiger partial charge >= 0.3 is 0 Å². The molecule has 5 nitrogen and oxygen atoms in total. The van der Waals surface area contributed by atoms with E-state index >= 15 is 0 Å². The molecule has 7 heteroatoms. The van der Waals surface area contributed by atoms with Gasteiger partial charge in [0.25, 0.3) is 0 Å². The smallest absolute Gasteiger partial charge is 0.223 e. The molecular formula is C20H25Cl2N3O2. The topological polar surface area (TPSA) is 72.4 Å². The fourth-order valence-electron chi connectivity index (χ4n) is 2.82. The Morgan fingerprint density at radius 1 is 0.963 bits per heavy atom. The number of aromatic nitrogens is 1. The van der Waals surface area contributed by atoms with Crippen LogP contribution >= 0.6 is 24.8 Å². The van der Waals surface area contributed by atoms with Gasteiger partial charge in [0.2, 0.25) is 5.91 Å². The van der Waals surface area contributed by atoms with Gasteiger partial charge in [0.05, 0.1) is 0 Å². The Kier molecular flexibility index (Phi) is 9.86. The summed E-state index contributed by atoms with van der Waals surface area (Å²) in [4.78, 5) is 18.8. The molecule has 0 atom stereocenters. The highest BCUT2D eigenvalue weighted by Crippen LogP contribution is 2.16. The highest BCUT2D eigenvalue weighted by atomic mass is 35.5. The third-order valence-electron chi connectivity index (χ3n) is 4.16. The second-order valence-electron chi connectivity index (χ2n) is 5.98. The quantitative estimate of drug-likeness (QED) is 0.616. The number of nitrogens with zero attached hydrogens (tertiary/aromatic N) is 2. The number of nitrogens with two attached hydrogens (primary N) is 1. The summed E-state index contributed by atoms with van der Waals surface area (Å²) in [6.07, 6.45) is 1.71. The molecule has 0 radical (unpaired) electrons. The lowest BCUT2D eigenvalue weighted by atomic mass is 10.1. The average molecular weight is 410 g/mol. The molecule has 0 aliphatic rings. The largest absolute Gasteiger partial charge is 0.441 e. The number of rotatable bonds is 8. The number of halogens is 2. The molecule has 0 aliphatic carbocycles. The van der Waals surface area contributed by atoms with E-state index in [4.69, 9.17) is 10.2 Å². The number of oxazole rings is 1. The molecule has 0 bridgehead atoms. The highest BCUT2D eigenvalue weighted by molar-refractivity contribution is 5.85. The predicted octanol–water partition coefficient (Wildman–Crippen LogP) is 3.63. The lowest BCUT2D eigenvalue weighted by molar-refractivity contribution is -0.131. The number of aryl methyl sites for hydroxylation is 1. The van der Waals surface area contributed by atoms with E-state index in [1.54, 1.807) is 0 Å². The highest BCUT2D eigenvalue weighted by Gasteiger charge is 2.14. The average Bonchev–Trinajstić information content (AvgIpc) is 3.07. The molecule has 2 N–H and O–H groups in total. The summed E-state index contributed by atoms with van der Waals surface area (Å²) in [7, 11) is 0. The number of hydrogen-bond donors (Lipinski definition) is 1. The summed E-state index contributed by atoms with van der Waals surface area (Å²) in [5.74, 6) is 0.689. The Balaban J connectivity index is 0.00000182. The number of amides is 1. The molecule has 146 valence electrons. The van der Waals surface area contributed by atoms with Gasteiger partial charge in [-0.25, -0.2) is 4.98 Å². The Morgan fingerprint density at radius 3 is 2.37 bits per heavy atom. The van der Waals surface area contributed by atoms with E-state index < -0.39 is 0 Å². The van der Waals surface area contributed by atoms with Crippen molar-refractivity contribution < 1.29 is 9.21 Å². The minimum atomic E-state index is 0. The lowest BCUT2D eigenvalue weighted by Gasteiger charge is -2.22. The first kappa shape index (κ1) is 23.0. The SMILES string of the molecule is Cl.Cl.NCCN(CCc1ccccc1)C(=O)CCc1nc2ccccc2o1. The molecule has 2 aromatic carbocycles. The molecule has 1 amide bonds. The minimum Gasteiger partial charge on any atom is -0.441 e. The Labute approximate surface area is 171 Å². The van der Waals surface area contributed by atoms with E-state index in [-0.39, 0.29) is 30.7 Å². The van der Waals surface area contributed by atoms with E-state index in [1.165, 1.54) is 5.56 Å². The fourth-order valence-corrected chi connectivity index (χ4v) is 2.82. The zero-order chi connectivity index (χ0) is 17.5. The van der Waals surface area contributed by atoms with Crippen molar-refractivity contribution >= 4 is 41.8 Å². The lowest BCUT2D eigenvalue weighted by Crippen LogP contribution is -2.37. The molecule has 0 spiro atoms. The normalized spacial score (nSPS) is 10.1. The molecule has 3 aromatic rings. The van der Waals surface area contributed by atoms with Crippen LogP contribution in [0.4, 0.5) is 0 Å². The van der Waals surface area contributed by atoms with Crippen molar-refractivity contribution in [2.75, 3.05) is 19.6 Å². The van der Waals surface area contributed by atoms with Crippen molar-refractivity contribution in [3.63, 3.8) is 0 Å². The van der Waals surface area contributed by atoms with Gasteiger partial charge in [0.15, 0.2) is 11.5 Å². The number of fused-ring (bicyclic) bond motifs is 1. The standard InChI is InChI=1S/C20H23N3O2.2ClH/c21-13-15-23(14-12-16-6-2-1-3-7-16)20(24)11-10-19-22-17-8-4-5-9-18(17)25-19;;/h1-9H,10-15,21H2;2*1H. The van der Waals surface area contributed by atoms with Crippen LogP contribution in [0.25, 0.3) is 11.1 Å². The van der Waals surface area contributed by atoms with Crippen molar-refractivity contribution in [3.05, 3.63) is 66.1 Å². The van der Waals surface area contributed by atoms with Crippen molar-refractivity contribution in [1.82, 2.24) is 9.88 Å². The number of carbonyl (C=O) groups is 1. The van der Waals surface area contributed by atoms with Crippen LogP contribution in [0.3, 0.4) is 0 Å². The number of benzene rings is 2. The molecular weight excluding hydrogens is 385 g/mol. The maximum atomic E-state index is 12.5.